The maximum absolute atomic E-state index is 13.0. The number of aryl methyl sites for hydroxylation is 2. The molecule has 1 amide bonds. The zero-order chi connectivity index (χ0) is 20.4. The number of benzene rings is 2. The predicted octanol–water partition coefficient (Wildman–Crippen LogP) is 4.10. The number of anilines is 1. The number of aromatic nitrogens is 2. The van der Waals surface area contributed by atoms with Crippen molar-refractivity contribution < 1.29 is 4.79 Å². The number of hydrogen-bond acceptors (Lipinski definition) is 5. The lowest BCUT2D eigenvalue weighted by Crippen LogP contribution is -2.54. The van der Waals surface area contributed by atoms with Crippen LogP contribution in [-0.4, -0.2) is 45.8 Å². The van der Waals surface area contributed by atoms with Crippen LogP contribution in [0, 0.1) is 13.8 Å². The normalized spacial score (nSPS) is 16.9. The van der Waals surface area contributed by atoms with Crippen LogP contribution in [0.5, 0.6) is 0 Å². The topological polar surface area (TPSA) is 49.3 Å². The van der Waals surface area contributed by atoms with E-state index in [1.54, 1.807) is 0 Å². The van der Waals surface area contributed by atoms with Crippen molar-refractivity contribution in [3.8, 4) is 0 Å². The third kappa shape index (κ3) is 4.32. The number of nitrogens with zero attached hydrogens (tertiary/aromatic N) is 4. The van der Waals surface area contributed by atoms with Gasteiger partial charge in [0, 0.05) is 49.2 Å². The minimum absolute atomic E-state index is 0.118. The first-order valence-corrected chi connectivity index (χ1v) is 10.8. The first-order chi connectivity index (χ1) is 14.0. The van der Waals surface area contributed by atoms with Gasteiger partial charge in [-0.2, -0.15) is 4.37 Å². The summed E-state index contributed by atoms with van der Waals surface area (Å²) in [5.74, 6) is 0.979. The quantitative estimate of drug-likeness (QED) is 0.655. The molecule has 5 nitrogen and oxygen atoms in total. The Morgan fingerprint density at radius 3 is 2.59 bits per heavy atom. The third-order valence-corrected chi connectivity index (χ3v) is 6.29. The molecule has 0 aliphatic carbocycles. The minimum Gasteiger partial charge on any atom is -0.343 e. The monoisotopic (exact) mass is 406 g/mol. The second-order valence-electron chi connectivity index (χ2n) is 7.76. The molecule has 1 aromatic heterocycles. The second kappa shape index (κ2) is 8.33. The molecular weight excluding hydrogens is 380 g/mol. The summed E-state index contributed by atoms with van der Waals surface area (Å²) in [6.07, 6.45) is 0.748. The molecule has 6 heteroatoms. The standard InChI is InChI=1S/C23H26N4OS/c1-16-8-10-19(11-9-16)14-21-24-23(29-25-21)26-12-13-27(18(3)15-26)22(28)20-7-5-4-6-17(20)2/h4-11,18H,12-15H2,1-3H3. The van der Waals surface area contributed by atoms with E-state index >= 15 is 0 Å². The molecule has 0 spiro atoms. The van der Waals surface area contributed by atoms with Gasteiger partial charge in [0.15, 0.2) is 0 Å². The number of hydrogen-bond donors (Lipinski definition) is 0. The summed E-state index contributed by atoms with van der Waals surface area (Å²) in [5, 5.41) is 0.946. The fraction of sp³-hybridized carbons (Fsp3) is 0.348. The highest BCUT2D eigenvalue weighted by atomic mass is 32.1. The molecule has 1 unspecified atom stereocenters. The van der Waals surface area contributed by atoms with Gasteiger partial charge in [-0.15, -0.1) is 0 Å². The van der Waals surface area contributed by atoms with Crippen molar-refractivity contribution in [2.75, 3.05) is 24.5 Å². The van der Waals surface area contributed by atoms with Crippen molar-refractivity contribution in [2.45, 2.75) is 33.2 Å². The third-order valence-electron chi connectivity index (χ3n) is 5.47. The van der Waals surface area contributed by atoms with E-state index in [0.717, 1.165) is 41.6 Å². The van der Waals surface area contributed by atoms with Gasteiger partial charge in [-0.3, -0.25) is 4.79 Å². The molecule has 2 heterocycles. The number of carbonyl (C=O) groups is 1. The Hall–Kier alpha value is -2.73. The van der Waals surface area contributed by atoms with Gasteiger partial charge in [0.1, 0.15) is 5.82 Å². The Morgan fingerprint density at radius 1 is 1.10 bits per heavy atom. The van der Waals surface area contributed by atoms with Crippen LogP contribution >= 0.6 is 11.5 Å². The first-order valence-electron chi connectivity index (χ1n) is 10.0. The molecule has 1 aliphatic rings. The van der Waals surface area contributed by atoms with Gasteiger partial charge in [-0.25, -0.2) is 4.98 Å². The summed E-state index contributed by atoms with van der Waals surface area (Å²) >= 11 is 1.45. The van der Waals surface area contributed by atoms with E-state index < -0.39 is 0 Å². The van der Waals surface area contributed by atoms with Crippen molar-refractivity contribution in [1.82, 2.24) is 14.3 Å². The van der Waals surface area contributed by atoms with E-state index in [1.165, 1.54) is 22.7 Å². The van der Waals surface area contributed by atoms with Gasteiger partial charge in [-0.05, 0) is 38.0 Å². The number of carbonyl (C=O) groups excluding carboxylic acids is 1. The highest BCUT2D eigenvalue weighted by molar-refractivity contribution is 7.09. The summed E-state index contributed by atoms with van der Waals surface area (Å²) in [6, 6.07) is 16.4. The SMILES string of the molecule is Cc1ccc(Cc2nsc(N3CCN(C(=O)c4ccccc4C)C(C)C3)n2)cc1. The van der Waals surface area contributed by atoms with Crippen molar-refractivity contribution in [2.24, 2.45) is 0 Å². The van der Waals surface area contributed by atoms with Gasteiger partial charge < -0.3 is 9.80 Å². The van der Waals surface area contributed by atoms with Gasteiger partial charge in [0.2, 0.25) is 5.13 Å². The smallest absolute Gasteiger partial charge is 0.254 e. The number of piperazine rings is 1. The van der Waals surface area contributed by atoms with Gasteiger partial charge in [0.25, 0.3) is 5.91 Å². The first kappa shape index (κ1) is 19.6. The summed E-state index contributed by atoms with van der Waals surface area (Å²) in [5.41, 5.74) is 4.30. The van der Waals surface area contributed by atoms with Crippen LogP contribution in [0.2, 0.25) is 0 Å². The van der Waals surface area contributed by atoms with Crippen LogP contribution in [0.1, 0.15) is 39.8 Å². The fourth-order valence-electron chi connectivity index (χ4n) is 3.73. The van der Waals surface area contributed by atoms with Crippen molar-refractivity contribution >= 4 is 22.6 Å². The molecule has 0 N–H and O–H groups in total. The van der Waals surface area contributed by atoms with E-state index in [0.29, 0.717) is 6.54 Å². The molecule has 1 saturated heterocycles. The molecule has 4 rings (SSSR count). The van der Waals surface area contributed by atoms with E-state index in [1.807, 2.05) is 36.1 Å². The highest BCUT2D eigenvalue weighted by Gasteiger charge is 2.30. The summed E-state index contributed by atoms with van der Waals surface area (Å²) in [6.45, 7) is 8.44. The lowest BCUT2D eigenvalue weighted by molar-refractivity contribution is 0.0673. The van der Waals surface area contributed by atoms with Gasteiger partial charge in [-0.1, -0.05) is 48.0 Å². The number of amides is 1. The molecule has 1 atom stereocenters. The summed E-state index contributed by atoms with van der Waals surface area (Å²) < 4.78 is 4.56. The van der Waals surface area contributed by atoms with E-state index in [4.69, 9.17) is 4.98 Å². The molecular formula is C23H26N4OS. The molecule has 3 aromatic rings. The number of rotatable bonds is 4. The highest BCUT2D eigenvalue weighted by Crippen LogP contribution is 2.24. The zero-order valence-corrected chi connectivity index (χ0v) is 17.9. The molecule has 0 radical (unpaired) electrons. The summed E-state index contributed by atoms with van der Waals surface area (Å²) in [4.78, 5) is 22.0. The summed E-state index contributed by atoms with van der Waals surface area (Å²) in [7, 11) is 0. The van der Waals surface area contributed by atoms with Crippen LogP contribution in [-0.2, 0) is 6.42 Å². The van der Waals surface area contributed by atoms with Crippen LogP contribution < -0.4 is 4.90 Å². The van der Waals surface area contributed by atoms with Crippen LogP contribution in [0.4, 0.5) is 5.13 Å². The molecule has 150 valence electrons. The molecule has 1 aliphatic heterocycles. The molecule has 0 saturated carbocycles. The molecule has 29 heavy (non-hydrogen) atoms. The van der Waals surface area contributed by atoms with Crippen molar-refractivity contribution in [3.63, 3.8) is 0 Å². The lowest BCUT2D eigenvalue weighted by Gasteiger charge is -2.39. The van der Waals surface area contributed by atoms with Crippen LogP contribution in [0.25, 0.3) is 0 Å². The Bertz CT molecular complexity index is 998. The predicted molar refractivity (Wildman–Crippen MR) is 118 cm³/mol. The van der Waals surface area contributed by atoms with Crippen LogP contribution in [0.15, 0.2) is 48.5 Å². The average Bonchev–Trinajstić information content (AvgIpc) is 3.18. The zero-order valence-electron chi connectivity index (χ0n) is 17.1. The van der Waals surface area contributed by atoms with Gasteiger partial charge in [0.05, 0.1) is 0 Å². The molecule has 2 aromatic carbocycles. The van der Waals surface area contributed by atoms with Crippen LogP contribution in [0.3, 0.4) is 0 Å². The maximum atomic E-state index is 13.0. The Kier molecular flexibility index (Phi) is 5.62. The second-order valence-corrected chi connectivity index (χ2v) is 8.49. The lowest BCUT2D eigenvalue weighted by atomic mass is 10.1. The maximum Gasteiger partial charge on any atom is 0.254 e. The van der Waals surface area contributed by atoms with Crippen molar-refractivity contribution in [1.29, 1.82) is 0 Å². The van der Waals surface area contributed by atoms with E-state index in [9.17, 15) is 4.79 Å². The van der Waals surface area contributed by atoms with Gasteiger partial charge >= 0.3 is 0 Å². The fourth-order valence-corrected chi connectivity index (χ4v) is 4.45. The molecule has 0 bridgehead atoms. The largest absolute Gasteiger partial charge is 0.343 e. The minimum atomic E-state index is 0.118. The van der Waals surface area contributed by atoms with Crippen molar-refractivity contribution in [3.05, 3.63) is 76.6 Å². The van der Waals surface area contributed by atoms with E-state index in [2.05, 4.69) is 47.4 Å². The average molecular weight is 407 g/mol. The Balaban J connectivity index is 1.41. The Morgan fingerprint density at radius 2 is 1.86 bits per heavy atom. The van der Waals surface area contributed by atoms with E-state index in [-0.39, 0.29) is 11.9 Å². The molecule has 1 fully saturated rings. The Labute approximate surface area is 176 Å².